The molecule has 0 heterocycles. The monoisotopic (exact) mass is 269 g/mol. The van der Waals surface area contributed by atoms with E-state index in [1.54, 1.807) is 20.8 Å². The van der Waals surface area contributed by atoms with E-state index in [0.29, 0.717) is 0 Å². The van der Waals surface area contributed by atoms with Crippen LogP contribution in [0.25, 0.3) is 0 Å². The van der Waals surface area contributed by atoms with Gasteiger partial charge in [-0.2, -0.15) is 0 Å². The maximum atomic E-state index is 13.6. The molecule has 6 nitrogen and oxygen atoms in total. The van der Waals surface area contributed by atoms with Gasteiger partial charge in [0.15, 0.2) is 5.84 Å². The van der Waals surface area contributed by atoms with Gasteiger partial charge in [-0.1, -0.05) is 11.2 Å². The Morgan fingerprint density at radius 2 is 2.11 bits per heavy atom. The predicted molar refractivity (Wildman–Crippen MR) is 68.8 cm³/mol. The Balaban J connectivity index is 3.02. The number of nitrogens with zero attached hydrogens (tertiary/aromatic N) is 1. The topological polar surface area (TPSA) is 96.9 Å². The minimum Gasteiger partial charge on any atom is -0.444 e. The number of amidine groups is 1. The smallest absolute Gasteiger partial charge is 0.412 e. The quantitative estimate of drug-likeness (QED) is 0.332. The van der Waals surface area contributed by atoms with E-state index in [-0.39, 0.29) is 11.3 Å². The molecule has 0 aliphatic rings. The largest absolute Gasteiger partial charge is 0.444 e. The summed E-state index contributed by atoms with van der Waals surface area (Å²) in [5.41, 5.74) is 4.54. The second kappa shape index (κ2) is 5.55. The average molecular weight is 269 g/mol. The second-order valence-electron chi connectivity index (χ2n) is 4.77. The van der Waals surface area contributed by atoms with Gasteiger partial charge in [0, 0.05) is 0 Å². The zero-order chi connectivity index (χ0) is 14.6. The molecule has 0 fully saturated rings. The summed E-state index contributed by atoms with van der Waals surface area (Å²) >= 11 is 0. The van der Waals surface area contributed by atoms with Crippen molar-refractivity contribution in [3.8, 4) is 0 Å². The van der Waals surface area contributed by atoms with E-state index in [1.807, 2.05) is 0 Å². The van der Waals surface area contributed by atoms with Crippen molar-refractivity contribution >= 4 is 17.6 Å². The number of rotatable bonds is 2. The summed E-state index contributed by atoms with van der Waals surface area (Å²) in [4.78, 5) is 11.6. The molecule has 0 atom stereocenters. The molecule has 7 heteroatoms. The fourth-order valence-electron chi connectivity index (χ4n) is 1.35. The first-order chi connectivity index (χ1) is 8.74. The molecule has 0 aliphatic heterocycles. The minimum atomic E-state index is -0.759. The van der Waals surface area contributed by atoms with E-state index in [1.165, 1.54) is 12.1 Å². The van der Waals surface area contributed by atoms with Crippen LogP contribution >= 0.6 is 0 Å². The molecule has 0 unspecified atom stereocenters. The highest BCUT2D eigenvalue weighted by Gasteiger charge is 2.19. The van der Waals surface area contributed by atoms with E-state index in [4.69, 9.17) is 15.7 Å². The standard InChI is InChI=1S/C12H16FN3O3/c1-12(2,3)19-11(17)15-8-6-4-5-7(13)9(8)10(14)16-18/h4-6,18H,1-3H3,(H2,14,16)(H,15,17). The number of ether oxygens (including phenoxy) is 1. The normalized spacial score (nSPS) is 12.1. The van der Waals surface area contributed by atoms with Crippen LogP contribution in [0.2, 0.25) is 0 Å². The van der Waals surface area contributed by atoms with Gasteiger partial charge in [-0.15, -0.1) is 0 Å². The van der Waals surface area contributed by atoms with Crippen LogP contribution < -0.4 is 11.1 Å². The van der Waals surface area contributed by atoms with Crippen LogP contribution in [-0.4, -0.2) is 22.7 Å². The SMILES string of the molecule is CC(C)(C)OC(=O)Nc1cccc(F)c1C(N)=NO. The number of carbonyl (C=O) groups is 1. The Kier molecular flexibility index (Phi) is 4.31. The zero-order valence-corrected chi connectivity index (χ0v) is 10.9. The van der Waals surface area contributed by atoms with Gasteiger partial charge < -0.3 is 15.7 Å². The maximum Gasteiger partial charge on any atom is 0.412 e. The highest BCUT2D eigenvalue weighted by atomic mass is 19.1. The summed E-state index contributed by atoms with van der Waals surface area (Å²) in [7, 11) is 0. The Labute approximate surface area is 110 Å². The molecule has 4 N–H and O–H groups in total. The number of halogens is 1. The highest BCUT2D eigenvalue weighted by molar-refractivity contribution is 6.04. The number of hydrogen-bond donors (Lipinski definition) is 3. The molecule has 1 aromatic carbocycles. The fraction of sp³-hybridized carbons (Fsp3) is 0.333. The molecule has 1 rings (SSSR count). The molecule has 0 aliphatic carbocycles. The van der Waals surface area contributed by atoms with Gasteiger partial charge in [0.05, 0.1) is 11.3 Å². The molecule has 0 aromatic heterocycles. The summed E-state index contributed by atoms with van der Waals surface area (Å²) in [6, 6.07) is 3.93. The number of carbonyl (C=O) groups excluding carboxylic acids is 1. The van der Waals surface area contributed by atoms with Gasteiger partial charge in [-0.25, -0.2) is 9.18 Å². The van der Waals surface area contributed by atoms with Crippen molar-refractivity contribution in [2.75, 3.05) is 5.32 Å². The van der Waals surface area contributed by atoms with Crippen LogP contribution in [0.1, 0.15) is 26.3 Å². The van der Waals surface area contributed by atoms with Gasteiger partial charge >= 0.3 is 6.09 Å². The Hall–Kier alpha value is -2.31. The summed E-state index contributed by atoms with van der Waals surface area (Å²) in [6.07, 6.45) is -0.759. The van der Waals surface area contributed by atoms with Crippen LogP contribution in [0.4, 0.5) is 14.9 Å². The maximum absolute atomic E-state index is 13.6. The lowest BCUT2D eigenvalue weighted by Gasteiger charge is -2.20. The number of nitrogens with one attached hydrogen (secondary N) is 1. The lowest BCUT2D eigenvalue weighted by atomic mass is 10.1. The molecule has 1 aromatic rings. The first-order valence-electron chi connectivity index (χ1n) is 5.51. The van der Waals surface area contributed by atoms with E-state index >= 15 is 0 Å². The van der Waals surface area contributed by atoms with E-state index < -0.39 is 23.3 Å². The lowest BCUT2D eigenvalue weighted by Crippen LogP contribution is -2.28. The number of oxime groups is 1. The van der Waals surface area contributed by atoms with Crippen molar-refractivity contribution in [3.05, 3.63) is 29.6 Å². The summed E-state index contributed by atoms with van der Waals surface area (Å²) in [6.45, 7) is 5.09. The number of anilines is 1. The second-order valence-corrected chi connectivity index (χ2v) is 4.77. The van der Waals surface area contributed by atoms with Gasteiger partial charge in [0.2, 0.25) is 0 Å². The van der Waals surface area contributed by atoms with Crippen molar-refractivity contribution in [1.29, 1.82) is 0 Å². The molecule has 19 heavy (non-hydrogen) atoms. The first kappa shape index (κ1) is 14.7. The van der Waals surface area contributed by atoms with Gasteiger partial charge in [0.1, 0.15) is 11.4 Å². The van der Waals surface area contributed by atoms with Crippen LogP contribution in [0.3, 0.4) is 0 Å². The molecule has 0 saturated carbocycles. The highest BCUT2D eigenvalue weighted by Crippen LogP contribution is 2.20. The number of amides is 1. The van der Waals surface area contributed by atoms with Gasteiger partial charge in [-0.05, 0) is 32.9 Å². The van der Waals surface area contributed by atoms with Crippen molar-refractivity contribution in [2.24, 2.45) is 10.9 Å². The molecule has 0 saturated heterocycles. The van der Waals surface area contributed by atoms with E-state index in [2.05, 4.69) is 10.5 Å². The molecule has 0 radical (unpaired) electrons. The zero-order valence-electron chi connectivity index (χ0n) is 10.9. The lowest BCUT2D eigenvalue weighted by molar-refractivity contribution is 0.0636. The van der Waals surface area contributed by atoms with Crippen molar-refractivity contribution in [1.82, 2.24) is 0 Å². The first-order valence-corrected chi connectivity index (χ1v) is 5.51. The average Bonchev–Trinajstić information content (AvgIpc) is 2.25. The third-order valence-electron chi connectivity index (χ3n) is 2.01. The van der Waals surface area contributed by atoms with Crippen LogP contribution in [0.15, 0.2) is 23.4 Å². The molecular formula is C12H16FN3O3. The third-order valence-corrected chi connectivity index (χ3v) is 2.01. The molecule has 0 spiro atoms. The molecule has 1 amide bonds. The Bertz CT molecular complexity index is 509. The van der Waals surface area contributed by atoms with Crippen LogP contribution in [0.5, 0.6) is 0 Å². The van der Waals surface area contributed by atoms with Crippen LogP contribution in [0, 0.1) is 5.82 Å². The number of hydrogen-bond acceptors (Lipinski definition) is 4. The van der Waals surface area contributed by atoms with Crippen molar-refractivity contribution in [2.45, 2.75) is 26.4 Å². The minimum absolute atomic E-state index is 0.0598. The van der Waals surface area contributed by atoms with Gasteiger partial charge in [0.25, 0.3) is 0 Å². The summed E-state index contributed by atoms with van der Waals surface area (Å²) in [5, 5.41) is 13.7. The van der Waals surface area contributed by atoms with E-state index in [9.17, 15) is 9.18 Å². The Morgan fingerprint density at radius 3 is 2.63 bits per heavy atom. The molecule has 0 bridgehead atoms. The third kappa shape index (κ3) is 4.13. The molecule has 104 valence electrons. The van der Waals surface area contributed by atoms with Gasteiger partial charge in [-0.3, -0.25) is 5.32 Å². The number of nitrogens with two attached hydrogens (primary N) is 1. The molecular weight excluding hydrogens is 253 g/mol. The van der Waals surface area contributed by atoms with Crippen molar-refractivity contribution in [3.63, 3.8) is 0 Å². The van der Waals surface area contributed by atoms with E-state index in [0.717, 1.165) is 6.07 Å². The summed E-state index contributed by atoms with van der Waals surface area (Å²) < 4.78 is 18.6. The van der Waals surface area contributed by atoms with Crippen LogP contribution in [-0.2, 0) is 4.74 Å². The number of benzene rings is 1. The predicted octanol–water partition coefficient (Wildman–Crippen LogP) is 2.27. The Morgan fingerprint density at radius 1 is 1.47 bits per heavy atom. The van der Waals surface area contributed by atoms with Crippen molar-refractivity contribution < 1.29 is 19.1 Å². The fourth-order valence-corrected chi connectivity index (χ4v) is 1.35. The summed E-state index contributed by atoms with van der Waals surface area (Å²) in [5.74, 6) is -1.16.